The Hall–Kier alpha value is -3.26. The lowest BCUT2D eigenvalue weighted by Crippen LogP contribution is -2.40. The maximum Gasteiger partial charge on any atom is 0.309 e. The molecule has 0 saturated carbocycles. The fourth-order valence-corrected chi connectivity index (χ4v) is 4.66. The highest BCUT2D eigenvalue weighted by Gasteiger charge is 2.29. The van der Waals surface area contributed by atoms with Crippen molar-refractivity contribution in [3.63, 3.8) is 0 Å². The Kier molecular flexibility index (Phi) is 6.50. The maximum absolute atomic E-state index is 13.0. The lowest BCUT2D eigenvalue weighted by Gasteiger charge is -2.31. The van der Waals surface area contributed by atoms with Gasteiger partial charge in [0, 0.05) is 29.7 Å². The van der Waals surface area contributed by atoms with Gasteiger partial charge in [-0.15, -0.1) is 0 Å². The summed E-state index contributed by atoms with van der Waals surface area (Å²) in [6, 6.07) is 12.9. The van der Waals surface area contributed by atoms with Gasteiger partial charge < -0.3 is 15.0 Å². The number of ether oxygens (including phenoxy) is 1. The molecule has 32 heavy (non-hydrogen) atoms. The molecule has 0 atom stereocenters. The van der Waals surface area contributed by atoms with E-state index in [0.29, 0.717) is 49.5 Å². The minimum absolute atomic E-state index is 0.109. The zero-order chi connectivity index (χ0) is 22.7. The van der Waals surface area contributed by atoms with Gasteiger partial charge >= 0.3 is 5.97 Å². The van der Waals surface area contributed by atoms with Crippen molar-refractivity contribution in [2.75, 3.05) is 25.0 Å². The van der Waals surface area contributed by atoms with Crippen LogP contribution in [-0.2, 0) is 9.53 Å². The second-order valence-electron chi connectivity index (χ2n) is 7.83. The molecule has 1 fully saturated rings. The van der Waals surface area contributed by atoms with Crippen molar-refractivity contribution < 1.29 is 19.1 Å². The van der Waals surface area contributed by atoms with Crippen LogP contribution < -0.4 is 5.32 Å². The molecule has 7 nitrogen and oxygen atoms in total. The quantitative estimate of drug-likeness (QED) is 0.585. The number of rotatable bonds is 5. The van der Waals surface area contributed by atoms with Crippen molar-refractivity contribution >= 4 is 45.1 Å². The average Bonchev–Trinajstić information content (AvgIpc) is 3.25. The van der Waals surface area contributed by atoms with E-state index in [2.05, 4.69) is 9.69 Å². The Labute approximate surface area is 190 Å². The number of aryl methyl sites for hydroxylation is 1. The fourth-order valence-electron chi connectivity index (χ4n) is 3.88. The molecule has 1 aromatic heterocycles. The Bertz CT molecular complexity index is 1170. The van der Waals surface area contributed by atoms with Crippen molar-refractivity contribution in [3.8, 4) is 0 Å². The lowest BCUT2D eigenvalue weighted by atomic mass is 9.96. The van der Waals surface area contributed by atoms with Gasteiger partial charge in [0.1, 0.15) is 5.69 Å². The van der Waals surface area contributed by atoms with Gasteiger partial charge in [-0.05, 0) is 62.0 Å². The van der Waals surface area contributed by atoms with Crippen molar-refractivity contribution in [1.82, 2.24) is 9.27 Å². The molecule has 8 heteroatoms. The van der Waals surface area contributed by atoms with Gasteiger partial charge in [0.05, 0.1) is 17.2 Å². The van der Waals surface area contributed by atoms with E-state index in [1.165, 1.54) is 11.5 Å². The van der Waals surface area contributed by atoms with Crippen LogP contribution >= 0.6 is 11.5 Å². The van der Waals surface area contributed by atoms with Crippen LogP contribution in [0, 0.1) is 12.8 Å². The second-order valence-corrected chi connectivity index (χ2v) is 8.63. The molecule has 2 aromatic carbocycles. The SMILES string of the molecule is CCOC(=O)C1CCN(C(=O)c2ccc(C)c(NC(=O)c3nsc4ccccc34)c2)CC1. The summed E-state index contributed by atoms with van der Waals surface area (Å²) in [7, 11) is 0. The number of nitrogens with zero attached hydrogens (tertiary/aromatic N) is 2. The first-order chi connectivity index (χ1) is 15.5. The Morgan fingerprint density at radius 1 is 1.16 bits per heavy atom. The third-order valence-corrected chi connectivity index (χ3v) is 6.55. The first-order valence-electron chi connectivity index (χ1n) is 10.7. The third kappa shape index (κ3) is 4.50. The monoisotopic (exact) mass is 451 g/mol. The number of fused-ring (bicyclic) bond motifs is 1. The molecule has 2 amide bonds. The highest BCUT2D eigenvalue weighted by Crippen LogP contribution is 2.26. The number of carbonyl (C=O) groups is 3. The van der Waals surface area contributed by atoms with E-state index < -0.39 is 0 Å². The molecule has 1 aliphatic rings. The van der Waals surface area contributed by atoms with E-state index in [-0.39, 0.29) is 23.7 Å². The number of nitrogens with one attached hydrogen (secondary N) is 1. The van der Waals surface area contributed by atoms with Crippen LogP contribution in [0.5, 0.6) is 0 Å². The standard InChI is InChI=1S/C24H25N3O4S/c1-3-31-24(30)16-10-12-27(13-11-16)23(29)17-9-8-15(2)19(14-17)25-22(28)21-18-6-4-5-7-20(18)32-26-21/h4-9,14,16H,3,10-13H2,1-2H3,(H,25,28). The normalized spacial score (nSPS) is 14.4. The first kappa shape index (κ1) is 22.0. The number of aromatic nitrogens is 1. The summed E-state index contributed by atoms with van der Waals surface area (Å²) < 4.78 is 10.3. The van der Waals surface area contributed by atoms with Gasteiger partial charge in [-0.3, -0.25) is 14.4 Å². The second kappa shape index (κ2) is 9.48. The Morgan fingerprint density at radius 3 is 2.66 bits per heavy atom. The smallest absolute Gasteiger partial charge is 0.309 e. The molecule has 166 valence electrons. The zero-order valence-electron chi connectivity index (χ0n) is 18.1. The van der Waals surface area contributed by atoms with Gasteiger partial charge in [-0.1, -0.05) is 24.3 Å². The molecule has 0 aliphatic carbocycles. The largest absolute Gasteiger partial charge is 0.466 e. The lowest BCUT2D eigenvalue weighted by molar-refractivity contribution is -0.149. The van der Waals surface area contributed by atoms with Crippen molar-refractivity contribution in [2.24, 2.45) is 5.92 Å². The van der Waals surface area contributed by atoms with E-state index in [4.69, 9.17) is 4.74 Å². The molecule has 0 spiro atoms. The number of likely N-dealkylation sites (tertiary alicyclic amines) is 1. The molecule has 4 rings (SSSR count). The van der Waals surface area contributed by atoms with Crippen LogP contribution in [0.2, 0.25) is 0 Å². The highest BCUT2D eigenvalue weighted by molar-refractivity contribution is 7.13. The Balaban J connectivity index is 1.46. The molecule has 0 unspecified atom stereocenters. The van der Waals surface area contributed by atoms with Crippen molar-refractivity contribution in [3.05, 3.63) is 59.3 Å². The molecule has 0 radical (unpaired) electrons. The molecular weight excluding hydrogens is 426 g/mol. The maximum atomic E-state index is 13.0. The zero-order valence-corrected chi connectivity index (χ0v) is 18.9. The topological polar surface area (TPSA) is 88.6 Å². The minimum atomic E-state index is -0.301. The van der Waals surface area contributed by atoms with Crippen LogP contribution in [0.3, 0.4) is 0 Å². The van der Waals surface area contributed by atoms with Crippen LogP contribution in [0.1, 0.15) is 46.2 Å². The molecule has 3 aromatic rings. The Morgan fingerprint density at radius 2 is 1.91 bits per heavy atom. The van der Waals surface area contributed by atoms with Gasteiger partial charge in [0.2, 0.25) is 0 Å². The first-order valence-corrected chi connectivity index (χ1v) is 11.5. The molecule has 1 aliphatic heterocycles. The van der Waals surface area contributed by atoms with Gasteiger partial charge in [-0.25, -0.2) is 0 Å². The minimum Gasteiger partial charge on any atom is -0.466 e. The molecule has 1 saturated heterocycles. The van der Waals surface area contributed by atoms with Crippen LogP contribution in [-0.4, -0.2) is 46.8 Å². The third-order valence-electron chi connectivity index (χ3n) is 5.73. The molecule has 1 N–H and O–H groups in total. The van der Waals surface area contributed by atoms with Crippen molar-refractivity contribution in [2.45, 2.75) is 26.7 Å². The predicted molar refractivity (Wildman–Crippen MR) is 124 cm³/mol. The van der Waals surface area contributed by atoms with Crippen LogP contribution in [0.4, 0.5) is 5.69 Å². The summed E-state index contributed by atoms with van der Waals surface area (Å²) in [6.07, 6.45) is 1.19. The van der Waals surface area contributed by atoms with Gasteiger partial charge in [-0.2, -0.15) is 4.37 Å². The van der Waals surface area contributed by atoms with E-state index in [1.54, 1.807) is 24.0 Å². The van der Waals surface area contributed by atoms with Crippen LogP contribution in [0.25, 0.3) is 10.1 Å². The summed E-state index contributed by atoms with van der Waals surface area (Å²) >= 11 is 1.28. The number of hydrogen-bond donors (Lipinski definition) is 1. The predicted octanol–water partition coefficient (Wildman–Crippen LogP) is 4.27. The average molecular weight is 452 g/mol. The van der Waals surface area contributed by atoms with E-state index in [9.17, 15) is 14.4 Å². The van der Waals surface area contributed by atoms with E-state index in [0.717, 1.165) is 15.6 Å². The summed E-state index contributed by atoms with van der Waals surface area (Å²) in [5.74, 6) is -0.749. The number of piperidine rings is 1. The van der Waals surface area contributed by atoms with E-state index >= 15 is 0 Å². The summed E-state index contributed by atoms with van der Waals surface area (Å²) in [6.45, 7) is 5.05. The summed E-state index contributed by atoms with van der Waals surface area (Å²) in [4.78, 5) is 39.6. The van der Waals surface area contributed by atoms with Gasteiger partial charge in [0.15, 0.2) is 0 Å². The molecule has 2 heterocycles. The van der Waals surface area contributed by atoms with Crippen LogP contribution in [0.15, 0.2) is 42.5 Å². The van der Waals surface area contributed by atoms with E-state index in [1.807, 2.05) is 37.3 Å². The fraction of sp³-hybridized carbons (Fsp3) is 0.333. The number of hydrogen-bond acceptors (Lipinski definition) is 6. The number of benzene rings is 2. The molecule has 0 bridgehead atoms. The number of carbonyl (C=O) groups excluding carboxylic acids is 3. The number of esters is 1. The number of anilines is 1. The highest BCUT2D eigenvalue weighted by atomic mass is 32.1. The summed E-state index contributed by atoms with van der Waals surface area (Å²) in [5, 5.41) is 3.72. The molecular formula is C24H25N3O4S. The van der Waals surface area contributed by atoms with Gasteiger partial charge in [0.25, 0.3) is 11.8 Å². The summed E-state index contributed by atoms with van der Waals surface area (Å²) in [5.41, 5.74) is 2.32. The van der Waals surface area contributed by atoms with Crippen molar-refractivity contribution in [1.29, 1.82) is 0 Å². The number of amides is 2.